The van der Waals surface area contributed by atoms with Crippen LogP contribution in [0.4, 0.5) is 5.69 Å². The zero-order valence-corrected chi connectivity index (χ0v) is 15.2. The number of carbonyl (C=O) groups is 1. The summed E-state index contributed by atoms with van der Waals surface area (Å²) >= 11 is 6.32. The molecule has 1 saturated heterocycles. The second-order valence-corrected chi connectivity index (χ2v) is 7.54. The van der Waals surface area contributed by atoms with Crippen molar-refractivity contribution in [3.63, 3.8) is 0 Å². The Morgan fingerprint density at radius 2 is 2.24 bits per heavy atom. The van der Waals surface area contributed by atoms with Crippen molar-refractivity contribution in [3.05, 3.63) is 17.8 Å². The lowest BCUT2D eigenvalue weighted by atomic mass is 9.74. The molecule has 5 atom stereocenters. The van der Waals surface area contributed by atoms with E-state index in [9.17, 15) is 4.79 Å². The van der Waals surface area contributed by atoms with Gasteiger partial charge in [0.05, 0.1) is 18.7 Å². The first-order valence-electron chi connectivity index (χ1n) is 8.68. The molecule has 6 nitrogen and oxygen atoms in total. The highest BCUT2D eigenvalue weighted by molar-refractivity contribution is 6.20. The number of aromatic nitrogens is 1. The smallest absolute Gasteiger partial charge is 0.238 e. The number of pyridine rings is 1. The number of fused-ring (bicyclic) bond motifs is 1. The Balaban J connectivity index is 1.71. The summed E-state index contributed by atoms with van der Waals surface area (Å²) in [7, 11) is 1.51. The molecule has 1 aromatic heterocycles. The van der Waals surface area contributed by atoms with Gasteiger partial charge in [-0.15, -0.1) is 11.6 Å². The van der Waals surface area contributed by atoms with E-state index in [-0.39, 0.29) is 29.3 Å². The molecule has 0 spiro atoms. The normalized spacial score (nSPS) is 29.8. The van der Waals surface area contributed by atoms with Crippen LogP contribution in [-0.2, 0) is 4.79 Å². The van der Waals surface area contributed by atoms with Crippen LogP contribution in [0.3, 0.4) is 0 Å². The molecule has 1 aliphatic heterocycles. The number of ether oxygens (including phenoxy) is 1. The predicted molar refractivity (Wildman–Crippen MR) is 95.6 cm³/mol. The van der Waals surface area contributed by atoms with Crippen LogP contribution in [0.1, 0.15) is 38.3 Å². The topological polar surface area (TPSA) is 87.0 Å². The zero-order valence-electron chi connectivity index (χ0n) is 14.5. The zero-order chi connectivity index (χ0) is 18.0. The molecule has 2 fully saturated rings. The highest BCUT2D eigenvalue weighted by Crippen LogP contribution is 2.37. The van der Waals surface area contributed by atoms with Crippen molar-refractivity contribution >= 4 is 23.2 Å². The summed E-state index contributed by atoms with van der Waals surface area (Å²) in [6.45, 7) is 1.99. The Hall–Kier alpha value is -2.00. The second kappa shape index (κ2) is 7.49. The number of piperidine rings is 1. The molecule has 1 saturated carbocycles. The molecule has 25 heavy (non-hydrogen) atoms. The molecule has 0 bridgehead atoms. The van der Waals surface area contributed by atoms with E-state index in [1.807, 2.05) is 13.0 Å². The number of rotatable bonds is 4. The average Bonchev–Trinajstić information content (AvgIpc) is 2.61. The number of methoxy groups -OCH3 is 1. The summed E-state index contributed by atoms with van der Waals surface area (Å²) in [5.74, 6) is 0.751. The first kappa shape index (κ1) is 17.8. The first-order valence-corrected chi connectivity index (χ1v) is 9.11. The van der Waals surface area contributed by atoms with Crippen LogP contribution < -0.4 is 15.4 Å². The van der Waals surface area contributed by atoms with E-state index < -0.39 is 0 Å². The third kappa shape index (κ3) is 3.82. The van der Waals surface area contributed by atoms with E-state index in [0.717, 1.165) is 25.7 Å². The van der Waals surface area contributed by atoms with Gasteiger partial charge < -0.3 is 15.4 Å². The third-order valence-electron chi connectivity index (χ3n) is 5.29. The molecule has 134 valence electrons. The fraction of sp³-hybridized carbons (Fsp3) is 0.611. The number of hydrogen-bond acceptors (Lipinski definition) is 5. The molecule has 2 heterocycles. The molecule has 2 N–H and O–H groups in total. The Bertz CT molecular complexity index is 690. The summed E-state index contributed by atoms with van der Waals surface area (Å²) in [6.07, 6.45) is 3.72. The molecular weight excluding hydrogens is 340 g/mol. The van der Waals surface area contributed by atoms with Gasteiger partial charge in [0, 0.05) is 17.5 Å². The number of anilines is 1. The van der Waals surface area contributed by atoms with Gasteiger partial charge in [-0.05, 0) is 50.7 Å². The van der Waals surface area contributed by atoms with Gasteiger partial charge in [0.15, 0.2) is 0 Å². The minimum absolute atomic E-state index is 0.0831. The van der Waals surface area contributed by atoms with Crippen molar-refractivity contribution in [2.75, 3.05) is 12.4 Å². The first-order chi connectivity index (χ1) is 12.0. The monoisotopic (exact) mass is 362 g/mol. The standard InChI is InChI=1S/C18H23ClN4O2/c1-10(21-16-6-4-13(9-20)22-18(16)25-2)14-8-11-7-12(19)3-5-15(11)23-17(14)24/h4,6,10-12,14-15,21H,3,5,7-8H2,1-2H3,(H,23,24)/t10-,11?,12?,14?,15?/m0/s1. The largest absolute Gasteiger partial charge is 0.479 e. The minimum Gasteiger partial charge on any atom is -0.479 e. The summed E-state index contributed by atoms with van der Waals surface area (Å²) < 4.78 is 5.26. The lowest BCUT2D eigenvalue weighted by molar-refractivity contribution is -0.130. The lowest BCUT2D eigenvalue weighted by Gasteiger charge is -2.42. The molecule has 7 heteroatoms. The van der Waals surface area contributed by atoms with Crippen molar-refractivity contribution in [2.24, 2.45) is 11.8 Å². The van der Waals surface area contributed by atoms with Gasteiger partial charge in [0.1, 0.15) is 11.8 Å². The molecule has 1 amide bonds. The van der Waals surface area contributed by atoms with Crippen molar-refractivity contribution < 1.29 is 9.53 Å². The molecule has 2 aliphatic rings. The highest BCUT2D eigenvalue weighted by Gasteiger charge is 2.41. The number of amides is 1. The van der Waals surface area contributed by atoms with Crippen LogP contribution in [0, 0.1) is 23.2 Å². The maximum absolute atomic E-state index is 12.5. The summed E-state index contributed by atoms with van der Waals surface area (Å²) in [6, 6.07) is 5.57. The number of carbonyl (C=O) groups excluding carboxylic acids is 1. The number of nitriles is 1. The molecule has 1 aliphatic carbocycles. The van der Waals surface area contributed by atoms with E-state index in [1.165, 1.54) is 7.11 Å². The predicted octanol–water partition coefficient (Wildman–Crippen LogP) is 2.67. The fourth-order valence-electron chi connectivity index (χ4n) is 3.93. The van der Waals surface area contributed by atoms with Crippen LogP contribution in [-0.4, -0.2) is 35.5 Å². The summed E-state index contributed by atoms with van der Waals surface area (Å²) in [4.78, 5) is 16.7. The van der Waals surface area contributed by atoms with Crippen molar-refractivity contribution in [1.29, 1.82) is 5.26 Å². The Labute approximate surface area is 152 Å². The summed E-state index contributed by atoms with van der Waals surface area (Å²) in [5, 5.41) is 15.7. The molecule has 1 aromatic rings. The van der Waals surface area contributed by atoms with Crippen molar-refractivity contribution in [1.82, 2.24) is 10.3 Å². The van der Waals surface area contributed by atoms with Crippen molar-refractivity contribution in [2.45, 2.75) is 50.1 Å². The van der Waals surface area contributed by atoms with Crippen LogP contribution in [0.15, 0.2) is 12.1 Å². The maximum Gasteiger partial charge on any atom is 0.238 e. The van der Waals surface area contributed by atoms with E-state index in [1.54, 1.807) is 12.1 Å². The minimum atomic E-state index is -0.136. The molecule has 0 radical (unpaired) electrons. The van der Waals surface area contributed by atoms with Gasteiger partial charge >= 0.3 is 0 Å². The molecular formula is C18H23ClN4O2. The van der Waals surface area contributed by atoms with Crippen LogP contribution >= 0.6 is 11.6 Å². The van der Waals surface area contributed by atoms with E-state index >= 15 is 0 Å². The van der Waals surface area contributed by atoms with Gasteiger partial charge in [-0.2, -0.15) is 5.26 Å². The summed E-state index contributed by atoms with van der Waals surface area (Å²) in [5.41, 5.74) is 0.978. The number of hydrogen-bond donors (Lipinski definition) is 2. The van der Waals surface area contributed by atoms with E-state index in [4.69, 9.17) is 21.6 Å². The number of nitrogens with zero attached hydrogens (tertiary/aromatic N) is 2. The van der Waals surface area contributed by atoms with Gasteiger partial charge in [-0.1, -0.05) is 0 Å². The quantitative estimate of drug-likeness (QED) is 0.804. The number of halogens is 1. The van der Waals surface area contributed by atoms with E-state index in [2.05, 4.69) is 15.6 Å². The molecule has 3 rings (SSSR count). The Kier molecular flexibility index (Phi) is 5.33. The van der Waals surface area contributed by atoms with Gasteiger partial charge in [0.2, 0.25) is 11.8 Å². The van der Waals surface area contributed by atoms with Crippen molar-refractivity contribution in [3.8, 4) is 11.9 Å². The van der Waals surface area contributed by atoms with Crippen LogP contribution in [0.2, 0.25) is 0 Å². The highest BCUT2D eigenvalue weighted by atomic mass is 35.5. The third-order valence-corrected chi connectivity index (χ3v) is 5.69. The van der Waals surface area contributed by atoms with Gasteiger partial charge in [-0.3, -0.25) is 4.79 Å². The van der Waals surface area contributed by atoms with Gasteiger partial charge in [-0.25, -0.2) is 4.98 Å². The Morgan fingerprint density at radius 1 is 1.44 bits per heavy atom. The van der Waals surface area contributed by atoms with E-state index in [0.29, 0.717) is 23.2 Å². The SMILES string of the molecule is COc1nc(C#N)ccc1N[C@@H](C)C1CC2CC(Cl)CCC2NC1=O. The average molecular weight is 363 g/mol. The maximum atomic E-state index is 12.5. The Morgan fingerprint density at radius 3 is 2.96 bits per heavy atom. The molecule has 0 aromatic carbocycles. The molecule has 4 unspecified atom stereocenters. The number of nitrogens with one attached hydrogen (secondary N) is 2. The van der Waals surface area contributed by atoms with Crippen LogP contribution in [0.5, 0.6) is 5.88 Å². The lowest BCUT2D eigenvalue weighted by Crippen LogP contribution is -2.55. The fourth-order valence-corrected chi connectivity index (χ4v) is 4.28. The number of alkyl halides is 1. The van der Waals surface area contributed by atoms with Gasteiger partial charge in [0.25, 0.3) is 0 Å². The second-order valence-electron chi connectivity index (χ2n) is 6.93. The van der Waals surface area contributed by atoms with Crippen LogP contribution in [0.25, 0.3) is 0 Å².